The lowest BCUT2D eigenvalue weighted by Gasteiger charge is -2.32. The summed E-state index contributed by atoms with van der Waals surface area (Å²) in [6, 6.07) is 8.19. The summed E-state index contributed by atoms with van der Waals surface area (Å²) < 4.78 is 1.05. The van der Waals surface area contributed by atoms with Crippen LogP contribution in [0.2, 0.25) is 0 Å². The quantitative estimate of drug-likeness (QED) is 0.813. The average Bonchev–Trinajstić information content (AvgIpc) is 2.36. The van der Waals surface area contributed by atoms with Crippen LogP contribution >= 0.6 is 15.9 Å². The molecule has 0 heterocycles. The minimum absolute atomic E-state index is 0.116. The summed E-state index contributed by atoms with van der Waals surface area (Å²) >= 11 is 3.55. The van der Waals surface area contributed by atoms with E-state index in [1.165, 1.54) is 5.57 Å². The first-order valence-corrected chi connectivity index (χ1v) is 7.68. The first-order chi connectivity index (χ1) is 9.10. The molecule has 2 N–H and O–H groups in total. The predicted molar refractivity (Wildman–Crippen MR) is 84.3 cm³/mol. The van der Waals surface area contributed by atoms with Crippen LogP contribution in [-0.4, -0.2) is 17.8 Å². The van der Waals surface area contributed by atoms with Gasteiger partial charge in [0.25, 0.3) is 0 Å². The van der Waals surface area contributed by atoms with Crippen LogP contribution in [0.5, 0.6) is 0 Å². The molecule has 19 heavy (non-hydrogen) atoms. The van der Waals surface area contributed by atoms with Crippen LogP contribution in [0.1, 0.15) is 26.7 Å². The Hall–Kier alpha value is -0.800. The minimum atomic E-state index is 0.116. The van der Waals surface area contributed by atoms with E-state index in [1.54, 1.807) is 0 Å². The molecule has 0 aromatic heterocycles. The fourth-order valence-electron chi connectivity index (χ4n) is 2.99. The van der Waals surface area contributed by atoms with Crippen molar-refractivity contribution >= 4 is 21.6 Å². The number of aliphatic hydroxyl groups excluding tert-OH is 1. The number of nitrogens with one attached hydrogen (secondary N) is 1. The summed E-state index contributed by atoms with van der Waals surface area (Å²) in [5, 5.41) is 13.2. The predicted octanol–water partition coefficient (Wildman–Crippen LogP) is 4.21. The van der Waals surface area contributed by atoms with E-state index in [2.05, 4.69) is 41.2 Å². The van der Waals surface area contributed by atoms with Crippen molar-refractivity contribution < 1.29 is 5.11 Å². The van der Waals surface area contributed by atoms with Gasteiger partial charge in [0.05, 0.1) is 12.6 Å². The lowest BCUT2D eigenvalue weighted by molar-refractivity contribution is 0.220. The van der Waals surface area contributed by atoms with E-state index in [-0.39, 0.29) is 12.6 Å². The number of para-hydroxylation sites is 1. The smallest absolute Gasteiger partial charge is 0.0635 e. The highest BCUT2D eigenvalue weighted by Crippen LogP contribution is 2.32. The number of halogens is 1. The van der Waals surface area contributed by atoms with Crippen LogP contribution in [0.15, 0.2) is 40.4 Å². The van der Waals surface area contributed by atoms with Gasteiger partial charge in [0.2, 0.25) is 0 Å². The van der Waals surface area contributed by atoms with Crippen LogP contribution in [-0.2, 0) is 0 Å². The largest absolute Gasteiger partial charge is 0.394 e. The van der Waals surface area contributed by atoms with Crippen LogP contribution in [0.25, 0.3) is 0 Å². The molecule has 0 saturated heterocycles. The minimum Gasteiger partial charge on any atom is -0.394 e. The maximum Gasteiger partial charge on any atom is 0.0635 e. The molecule has 0 fully saturated rings. The van der Waals surface area contributed by atoms with E-state index >= 15 is 0 Å². The Bertz CT molecular complexity index is 458. The highest BCUT2D eigenvalue weighted by molar-refractivity contribution is 9.10. The van der Waals surface area contributed by atoms with Gasteiger partial charge in [-0.1, -0.05) is 30.7 Å². The molecule has 1 aromatic rings. The Kier molecular flexibility index (Phi) is 5.06. The van der Waals surface area contributed by atoms with Gasteiger partial charge in [-0.05, 0) is 59.7 Å². The third-order valence-electron chi connectivity index (χ3n) is 3.81. The molecule has 0 saturated carbocycles. The van der Waals surface area contributed by atoms with Crippen molar-refractivity contribution in [1.29, 1.82) is 0 Å². The molecule has 0 aliphatic heterocycles. The molecule has 0 spiro atoms. The molecule has 104 valence electrons. The van der Waals surface area contributed by atoms with Crippen molar-refractivity contribution in [2.45, 2.75) is 32.7 Å². The summed E-state index contributed by atoms with van der Waals surface area (Å²) in [7, 11) is 0. The third kappa shape index (κ3) is 3.83. The average molecular weight is 324 g/mol. The zero-order valence-corrected chi connectivity index (χ0v) is 13.2. The first kappa shape index (κ1) is 14.6. The summed E-state index contributed by atoms with van der Waals surface area (Å²) in [4.78, 5) is 0. The zero-order valence-electron chi connectivity index (χ0n) is 11.6. The Balaban J connectivity index is 2.09. The first-order valence-electron chi connectivity index (χ1n) is 6.89. The molecule has 0 radical (unpaired) electrons. The summed E-state index contributed by atoms with van der Waals surface area (Å²) in [6.07, 6.45) is 4.57. The molecular weight excluding hydrogens is 302 g/mol. The number of aliphatic hydroxyl groups is 1. The van der Waals surface area contributed by atoms with Gasteiger partial charge in [-0.2, -0.15) is 0 Å². The molecule has 2 rings (SSSR count). The van der Waals surface area contributed by atoms with E-state index < -0.39 is 0 Å². The standard InChI is InChI=1S/C16H22BrNO/c1-11-7-12(2)9-13(8-11)16(10-19)18-15-6-4-3-5-14(15)17/h3-7,11,13,16,18-19H,8-10H2,1-2H3. The number of benzene rings is 1. The normalized spacial score (nSPS) is 24.7. The van der Waals surface area contributed by atoms with Gasteiger partial charge in [0, 0.05) is 10.2 Å². The van der Waals surface area contributed by atoms with Gasteiger partial charge in [-0.3, -0.25) is 0 Å². The van der Waals surface area contributed by atoms with Crippen LogP contribution in [0, 0.1) is 11.8 Å². The second-order valence-corrected chi connectivity index (χ2v) is 6.46. The monoisotopic (exact) mass is 323 g/mol. The molecule has 3 unspecified atom stereocenters. The van der Waals surface area contributed by atoms with Gasteiger partial charge in [-0.15, -0.1) is 0 Å². The fraction of sp³-hybridized carbons (Fsp3) is 0.500. The van der Waals surface area contributed by atoms with Gasteiger partial charge < -0.3 is 10.4 Å². The second-order valence-electron chi connectivity index (χ2n) is 5.60. The molecule has 1 aromatic carbocycles. The Morgan fingerprint density at radius 1 is 1.42 bits per heavy atom. The van der Waals surface area contributed by atoms with E-state index in [9.17, 15) is 5.11 Å². The van der Waals surface area contributed by atoms with Crippen LogP contribution in [0.3, 0.4) is 0 Å². The lowest BCUT2D eigenvalue weighted by Crippen LogP contribution is -2.35. The van der Waals surface area contributed by atoms with Crippen molar-refractivity contribution in [3.8, 4) is 0 Å². The Morgan fingerprint density at radius 2 is 2.16 bits per heavy atom. The Morgan fingerprint density at radius 3 is 2.79 bits per heavy atom. The molecule has 2 nitrogen and oxygen atoms in total. The molecule has 1 aliphatic carbocycles. The van der Waals surface area contributed by atoms with Crippen LogP contribution in [0.4, 0.5) is 5.69 Å². The van der Waals surface area contributed by atoms with Crippen molar-refractivity contribution in [1.82, 2.24) is 0 Å². The van der Waals surface area contributed by atoms with Gasteiger partial charge >= 0.3 is 0 Å². The summed E-state index contributed by atoms with van der Waals surface area (Å²) in [5.74, 6) is 1.10. The molecule has 3 heteroatoms. The molecule has 0 amide bonds. The molecule has 0 bridgehead atoms. The van der Waals surface area contributed by atoms with Crippen molar-refractivity contribution in [3.05, 3.63) is 40.4 Å². The number of allylic oxidation sites excluding steroid dienone is 2. The summed E-state index contributed by atoms with van der Waals surface area (Å²) in [5.41, 5.74) is 2.50. The highest BCUT2D eigenvalue weighted by atomic mass is 79.9. The maximum absolute atomic E-state index is 9.71. The molecule has 1 aliphatic rings. The van der Waals surface area contributed by atoms with E-state index in [4.69, 9.17) is 0 Å². The second kappa shape index (κ2) is 6.58. The highest BCUT2D eigenvalue weighted by Gasteiger charge is 2.26. The topological polar surface area (TPSA) is 32.3 Å². The van der Waals surface area contributed by atoms with E-state index in [0.717, 1.165) is 23.0 Å². The number of rotatable bonds is 4. The fourth-order valence-corrected chi connectivity index (χ4v) is 3.39. The van der Waals surface area contributed by atoms with Crippen molar-refractivity contribution in [3.63, 3.8) is 0 Å². The zero-order chi connectivity index (χ0) is 13.8. The van der Waals surface area contributed by atoms with E-state index in [1.807, 2.05) is 24.3 Å². The third-order valence-corrected chi connectivity index (χ3v) is 4.50. The van der Waals surface area contributed by atoms with Crippen molar-refractivity contribution in [2.24, 2.45) is 11.8 Å². The van der Waals surface area contributed by atoms with Crippen molar-refractivity contribution in [2.75, 3.05) is 11.9 Å². The number of hydrogen-bond acceptors (Lipinski definition) is 2. The molecular formula is C16H22BrNO. The Labute approximate surface area is 124 Å². The molecule has 3 atom stereocenters. The van der Waals surface area contributed by atoms with Gasteiger partial charge in [0.15, 0.2) is 0 Å². The van der Waals surface area contributed by atoms with Crippen LogP contribution < -0.4 is 5.32 Å². The van der Waals surface area contributed by atoms with Gasteiger partial charge in [-0.25, -0.2) is 0 Å². The van der Waals surface area contributed by atoms with Gasteiger partial charge in [0.1, 0.15) is 0 Å². The number of hydrogen-bond donors (Lipinski definition) is 2. The number of anilines is 1. The lowest BCUT2D eigenvalue weighted by atomic mass is 9.79. The summed E-state index contributed by atoms with van der Waals surface area (Å²) in [6.45, 7) is 4.62. The maximum atomic E-state index is 9.71. The van der Waals surface area contributed by atoms with E-state index in [0.29, 0.717) is 11.8 Å². The SMILES string of the molecule is CC1=CC(C)CC(C(CO)Nc2ccccc2Br)C1.